The van der Waals surface area contributed by atoms with E-state index in [0.29, 0.717) is 10.6 Å². The minimum absolute atomic E-state index is 0.0715. The van der Waals surface area contributed by atoms with Gasteiger partial charge in [-0.15, -0.1) is 0 Å². The first-order valence-electron chi connectivity index (χ1n) is 5.38. The van der Waals surface area contributed by atoms with Crippen LogP contribution in [0.4, 0.5) is 0 Å². The van der Waals surface area contributed by atoms with Crippen molar-refractivity contribution in [3.05, 3.63) is 33.3 Å². The van der Waals surface area contributed by atoms with Crippen molar-refractivity contribution in [1.29, 1.82) is 0 Å². The lowest BCUT2D eigenvalue weighted by Crippen LogP contribution is -2.34. The van der Waals surface area contributed by atoms with Gasteiger partial charge < -0.3 is 5.32 Å². The van der Waals surface area contributed by atoms with Crippen molar-refractivity contribution in [2.24, 2.45) is 0 Å². The third-order valence-corrected chi connectivity index (χ3v) is 4.16. The number of halogens is 2. The maximum absolute atomic E-state index is 12.0. The Balaban J connectivity index is 2.63. The lowest BCUT2D eigenvalue weighted by Gasteiger charge is -2.13. The van der Waals surface area contributed by atoms with Gasteiger partial charge in [0, 0.05) is 21.3 Å². The lowest BCUT2D eigenvalue weighted by atomic mass is 10.2. The zero-order valence-corrected chi connectivity index (χ0v) is 13.0. The minimum Gasteiger partial charge on any atom is -0.349 e. The maximum atomic E-state index is 12.0. The normalized spacial score (nSPS) is 12.2. The highest BCUT2D eigenvalue weighted by Crippen LogP contribution is 2.21. The molecule has 1 unspecified atom stereocenters. The summed E-state index contributed by atoms with van der Waals surface area (Å²) in [6.07, 6.45) is 0. The van der Waals surface area contributed by atoms with Crippen molar-refractivity contribution in [2.45, 2.75) is 19.9 Å². The van der Waals surface area contributed by atoms with Gasteiger partial charge in [-0.3, -0.25) is 4.79 Å². The van der Waals surface area contributed by atoms with Gasteiger partial charge in [-0.1, -0.05) is 18.5 Å². The van der Waals surface area contributed by atoms with Gasteiger partial charge >= 0.3 is 0 Å². The van der Waals surface area contributed by atoms with Gasteiger partial charge in [0.25, 0.3) is 5.91 Å². The summed E-state index contributed by atoms with van der Waals surface area (Å²) in [7, 11) is 0. The molecule has 17 heavy (non-hydrogen) atoms. The molecule has 0 saturated carbocycles. The first kappa shape index (κ1) is 14.9. The highest BCUT2D eigenvalue weighted by Gasteiger charge is 2.12. The summed E-state index contributed by atoms with van der Waals surface area (Å²) < 4.78 is 0.720. The molecule has 0 spiro atoms. The van der Waals surface area contributed by atoms with E-state index in [-0.39, 0.29) is 11.9 Å². The van der Waals surface area contributed by atoms with E-state index in [1.165, 1.54) is 0 Å². The summed E-state index contributed by atoms with van der Waals surface area (Å²) >= 11 is 11.0. The van der Waals surface area contributed by atoms with Crippen LogP contribution in [-0.4, -0.2) is 23.5 Å². The average Bonchev–Trinajstić information content (AvgIpc) is 2.26. The number of hydrogen-bond acceptors (Lipinski definition) is 2. The summed E-state index contributed by atoms with van der Waals surface area (Å²) in [5.74, 6) is 1.91. The van der Waals surface area contributed by atoms with Crippen LogP contribution in [0.2, 0.25) is 5.02 Å². The Morgan fingerprint density at radius 3 is 2.88 bits per heavy atom. The fourth-order valence-corrected chi connectivity index (χ4v) is 2.85. The van der Waals surface area contributed by atoms with E-state index in [4.69, 9.17) is 11.6 Å². The van der Waals surface area contributed by atoms with Crippen LogP contribution in [0.3, 0.4) is 0 Å². The average molecular weight is 337 g/mol. The quantitative estimate of drug-likeness (QED) is 0.881. The molecule has 1 atom stereocenters. The number of rotatable bonds is 5. The van der Waals surface area contributed by atoms with Crippen molar-refractivity contribution in [3.8, 4) is 0 Å². The van der Waals surface area contributed by atoms with Crippen LogP contribution in [0.15, 0.2) is 22.7 Å². The Labute approximate surface area is 120 Å². The Morgan fingerprint density at radius 1 is 1.59 bits per heavy atom. The number of carbonyl (C=O) groups excluding carboxylic acids is 1. The number of amides is 1. The fourth-order valence-electron chi connectivity index (χ4n) is 1.31. The van der Waals surface area contributed by atoms with Gasteiger partial charge in [-0.25, -0.2) is 0 Å². The molecule has 1 amide bonds. The molecule has 1 aromatic carbocycles. The molecular formula is C12H15BrClNOS. The maximum Gasteiger partial charge on any atom is 0.252 e. The second-order valence-electron chi connectivity index (χ2n) is 3.66. The summed E-state index contributed by atoms with van der Waals surface area (Å²) in [5.41, 5.74) is 0.614. The van der Waals surface area contributed by atoms with Crippen LogP contribution >= 0.6 is 39.3 Å². The zero-order chi connectivity index (χ0) is 12.8. The third kappa shape index (κ3) is 4.90. The van der Waals surface area contributed by atoms with Crippen LogP contribution in [0.5, 0.6) is 0 Å². The molecule has 0 fully saturated rings. The molecule has 1 aromatic rings. The van der Waals surface area contributed by atoms with E-state index >= 15 is 0 Å². The second kappa shape index (κ2) is 7.29. The summed E-state index contributed by atoms with van der Waals surface area (Å²) in [4.78, 5) is 12.0. The molecule has 0 saturated heterocycles. The Bertz CT molecular complexity index is 400. The van der Waals surface area contributed by atoms with Gasteiger partial charge in [0.15, 0.2) is 0 Å². The van der Waals surface area contributed by atoms with E-state index in [1.807, 2.05) is 18.7 Å². The molecule has 0 aliphatic rings. The largest absolute Gasteiger partial charge is 0.349 e. The predicted octanol–water partition coefficient (Wildman–Crippen LogP) is 3.97. The van der Waals surface area contributed by atoms with Crippen LogP contribution in [0.1, 0.15) is 24.2 Å². The summed E-state index contributed by atoms with van der Waals surface area (Å²) in [6, 6.07) is 5.32. The monoisotopic (exact) mass is 335 g/mol. The molecule has 0 bridgehead atoms. The molecule has 0 heterocycles. The molecule has 0 aliphatic heterocycles. The van der Waals surface area contributed by atoms with Crippen LogP contribution in [-0.2, 0) is 0 Å². The van der Waals surface area contributed by atoms with Gasteiger partial charge in [-0.2, -0.15) is 11.8 Å². The number of hydrogen-bond donors (Lipinski definition) is 1. The molecule has 1 N–H and O–H groups in total. The van der Waals surface area contributed by atoms with E-state index in [9.17, 15) is 4.79 Å². The van der Waals surface area contributed by atoms with Gasteiger partial charge in [-0.05, 0) is 46.8 Å². The van der Waals surface area contributed by atoms with E-state index in [0.717, 1.165) is 16.0 Å². The molecule has 0 radical (unpaired) electrons. The van der Waals surface area contributed by atoms with E-state index < -0.39 is 0 Å². The highest BCUT2D eigenvalue weighted by molar-refractivity contribution is 9.10. The molecule has 2 nitrogen and oxygen atoms in total. The first-order valence-corrected chi connectivity index (χ1v) is 7.70. The van der Waals surface area contributed by atoms with Gasteiger partial charge in [0.05, 0.1) is 5.56 Å². The molecule has 5 heteroatoms. The molecule has 1 rings (SSSR count). The lowest BCUT2D eigenvalue weighted by molar-refractivity contribution is 0.0943. The zero-order valence-electron chi connectivity index (χ0n) is 9.80. The Kier molecular flexibility index (Phi) is 6.38. The Morgan fingerprint density at radius 2 is 2.29 bits per heavy atom. The van der Waals surface area contributed by atoms with Crippen LogP contribution < -0.4 is 5.32 Å². The standard InChI is InChI=1S/C12H15BrClNOS/c1-3-17-7-8(2)15-12(16)10-5-4-9(14)6-11(10)13/h4-6,8H,3,7H2,1-2H3,(H,15,16). The minimum atomic E-state index is -0.0715. The van der Waals surface area contributed by atoms with Crippen molar-refractivity contribution >= 4 is 45.2 Å². The SMILES string of the molecule is CCSCC(C)NC(=O)c1ccc(Cl)cc1Br. The molecule has 94 valence electrons. The molecule has 0 aromatic heterocycles. The topological polar surface area (TPSA) is 29.1 Å². The van der Waals surface area contributed by atoms with Crippen LogP contribution in [0, 0.1) is 0 Å². The van der Waals surface area contributed by atoms with Crippen molar-refractivity contribution in [1.82, 2.24) is 5.32 Å². The van der Waals surface area contributed by atoms with Crippen molar-refractivity contribution < 1.29 is 4.79 Å². The molecule has 0 aliphatic carbocycles. The number of nitrogens with one attached hydrogen (secondary N) is 1. The third-order valence-electron chi connectivity index (χ3n) is 2.13. The van der Waals surface area contributed by atoms with Gasteiger partial charge in [0.1, 0.15) is 0 Å². The highest BCUT2D eigenvalue weighted by atomic mass is 79.9. The van der Waals surface area contributed by atoms with Crippen LogP contribution in [0.25, 0.3) is 0 Å². The van der Waals surface area contributed by atoms with E-state index in [1.54, 1.807) is 18.2 Å². The Hall–Kier alpha value is -0.190. The molecular weight excluding hydrogens is 322 g/mol. The summed E-state index contributed by atoms with van der Waals surface area (Å²) in [5, 5.41) is 3.57. The predicted molar refractivity (Wildman–Crippen MR) is 79.1 cm³/mol. The van der Waals surface area contributed by atoms with Crippen molar-refractivity contribution in [3.63, 3.8) is 0 Å². The number of benzene rings is 1. The summed E-state index contributed by atoms with van der Waals surface area (Å²) in [6.45, 7) is 4.11. The van der Waals surface area contributed by atoms with Crippen molar-refractivity contribution in [2.75, 3.05) is 11.5 Å². The smallest absolute Gasteiger partial charge is 0.252 e. The van der Waals surface area contributed by atoms with Gasteiger partial charge in [0.2, 0.25) is 0 Å². The second-order valence-corrected chi connectivity index (χ2v) is 6.27. The first-order chi connectivity index (χ1) is 8.04. The fraction of sp³-hybridized carbons (Fsp3) is 0.417. The number of carbonyl (C=O) groups is 1. The van der Waals surface area contributed by atoms with E-state index in [2.05, 4.69) is 28.2 Å². The number of thioether (sulfide) groups is 1.